The number of carbonyl (C=O) groups excluding carboxylic acids is 1. The monoisotopic (exact) mass is 304 g/mol. The van der Waals surface area contributed by atoms with Gasteiger partial charge in [-0.05, 0) is 63.2 Å². The van der Waals surface area contributed by atoms with Crippen LogP contribution in [0.2, 0.25) is 0 Å². The molecule has 0 saturated heterocycles. The molecule has 4 saturated carbocycles. The summed E-state index contributed by atoms with van der Waals surface area (Å²) in [6.45, 7) is 3.04. The molecule has 0 atom stereocenters. The Hall–Kier alpha value is -0.770. The topological polar surface area (TPSA) is 34.9 Å². The van der Waals surface area contributed by atoms with Gasteiger partial charge in [-0.2, -0.15) is 0 Å². The van der Waals surface area contributed by atoms with Gasteiger partial charge in [0.15, 0.2) is 5.16 Å². The summed E-state index contributed by atoms with van der Waals surface area (Å²) in [5, 5.41) is 0.996. The first-order valence-electron chi connectivity index (χ1n) is 8.36. The molecular formula is C17H24N2OS. The summed E-state index contributed by atoms with van der Waals surface area (Å²) < 4.78 is 2.12. The van der Waals surface area contributed by atoms with E-state index < -0.39 is 0 Å². The Balaban J connectivity index is 1.45. The minimum absolute atomic E-state index is 0.0470. The van der Waals surface area contributed by atoms with Crippen molar-refractivity contribution in [2.75, 3.05) is 5.75 Å². The lowest BCUT2D eigenvalue weighted by Crippen LogP contribution is -2.50. The van der Waals surface area contributed by atoms with E-state index in [1.165, 1.54) is 38.5 Å². The van der Waals surface area contributed by atoms with Gasteiger partial charge >= 0.3 is 0 Å². The second kappa shape index (κ2) is 5.15. The Labute approximate surface area is 130 Å². The number of thioether (sulfide) groups is 1. The molecule has 4 aliphatic carbocycles. The van der Waals surface area contributed by atoms with Crippen LogP contribution >= 0.6 is 11.8 Å². The fourth-order valence-corrected chi connectivity index (χ4v) is 6.47. The number of carbonyl (C=O) groups is 1. The molecule has 4 fully saturated rings. The molecule has 0 N–H and O–H groups in total. The Bertz CT molecular complexity index is 515. The van der Waals surface area contributed by atoms with Crippen LogP contribution in [-0.4, -0.2) is 21.1 Å². The van der Waals surface area contributed by atoms with E-state index in [-0.39, 0.29) is 5.41 Å². The van der Waals surface area contributed by atoms with E-state index in [4.69, 9.17) is 0 Å². The molecule has 1 aromatic heterocycles. The molecule has 3 nitrogen and oxygen atoms in total. The van der Waals surface area contributed by atoms with E-state index in [9.17, 15) is 4.79 Å². The smallest absolute Gasteiger partial charge is 0.168 e. The van der Waals surface area contributed by atoms with Gasteiger partial charge in [-0.1, -0.05) is 11.8 Å². The standard InChI is InChI=1S/C17H24N2OS/c1-2-19-4-3-18-16(19)21-11-15(20)17-8-12-5-13(9-17)7-14(6-12)10-17/h3-4,12-14H,2,5-11H2,1H3. The van der Waals surface area contributed by atoms with E-state index in [1.54, 1.807) is 11.8 Å². The maximum atomic E-state index is 12.9. The van der Waals surface area contributed by atoms with Crippen LogP contribution in [0.5, 0.6) is 0 Å². The van der Waals surface area contributed by atoms with E-state index >= 15 is 0 Å². The quantitative estimate of drug-likeness (QED) is 0.777. The second-order valence-electron chi connectivity index (χ2n) is 7.41. The van der Waals surface area contributed by atoms with Gasteiger partial charge in [0.25, 0.3) is 0 Å². The molecule has 1 heterocycles. The van der Waals surface area contributed by atoms with Crippen molar-refractivity contribution >= 4 is 17.5 Å². The number of imidazole rings is 1. The maximum absolute atomic E-state index is 12.9. The Morgan fingerprint density at radius 3 is 2.48 bits per heavy atom. The van der Waals surface area contributed by atoms with Crippen molar-refractivity contribution in [3.63, 3.8) is 0 Å². The SMILES string of the molecule is CCn1ccnc1SCC(=O)C12CC3CC(CC(C3)C1)C2. The number of nitrogens with zero attached hydrogens (tertiary/aromatic N) is 2. The fourth-order valence-electron chi connectivity index (χ4n) is 5.41. The number of Topliss-reactive ketones (excluding diaryl/α,β-unsaturated/α-hetero) is 1. The molecular weight excluding hydrogens is 280 g/mol. The molecule has 0 amide bonds. The molecule has 4 heteroatoms. The Kier molecular flexibility index (Phi) is 3.40. The van der Waals surface area contributed by atoms with E-state index in [0.717, 1.165) is 29.5 Å². The highest BCUT2D eigenvalue weighted by Crippen LogP contribution is 2.60. The van der Waals surface area contributed by atoms with Crippen molar-refractivity contribution in [2.45, 2.75) is 57.1 Å². The maximum Gasteiger partial charge on any atom is 0.168 e. The van der Waals surface area contributed by atoms with Gasteiger partial charge in [0.2, 0.25) is 0 Å². The summed E-state index contributed by atoms with van der Waals surface area (Å²) >= 11 is 1.64. The fraction of sp³-hybridized carbons (Fsp3) is 0.765. The highest BCUT2D eigenvalue weighted by molar-refractivity contribution is 7.99. The molecule has 0 spiro atoms. The molecule has 4 aliphatic rings. The van der Waals surface area contributed by atoms with Gasteiger partial charge in [0.05, 0.1) is 5.75 Å². The van der Waals surface area contributed by atoms with Crippen molar-refractivity contribution in [3.05, 3.63) is 12.4 Å². The van der Waals surface area contributed by atoms with Crippen LogP contribution in [0.4, 0.5) is 0 Å². The van der Waals surface area contributed by atoms with Crippen LogP contribution in [0.1, 0.15) is 45.4 Å². The van der Waals surface area contributed by atoms with E-state index in [0.29, 0.717) is 11.5 Å². The van der Waals surface area contributed by atoms with Gasteiger partial charge in [-0.15, -0.1) is 0 Å². The number of hydrogen-bond acceptors (Lipinski definition) is 3. The zero-order valence-electron chi connectivity index (χ0n) is 12.8. The molecule has 0 radical (unpaired) electrons. The first-order valence-corrected chi connectivity index (χ1v) is 9.34. The summed E-state index contributed by atoms with van der Waals surface area (Å²) in [7, 11) is 0. The van der Waals surface area contributed by atoms with Crippen molar-refractivity contribution in [3.8, 4) is 0 Å². The van der Waals surface area contributed by atoms with Crippen LogP contribution in [0.15, 0.2) is 17.6 Å². The van der Waals surface area contributed by atoms with E-state index in [2.05, 4.69) is 16.5 Å². The summed E-state index contributed by atoms with van der Waals surface area (Å²) in [4.78, 5) is 17.3. The molecule has 0 aromatic carbocycles. The predicted octanol–water partition coefficient (Wildman–Crippen LogP) is 3.78. The normalized spacial score (nSPS) is 37.1. The lowest BCUT2D eigenvalue weighted by atomic mass is 9.48. The van der Waals surface area contributed by atoms with Gasteiger partial charge < -0.3 is 4.57 Å². The third-order valence-corrected chi connectivity index (χ3v) is 6.98. The van der Waals surface area contributed by atoms with E-state index in [1.807, 2.05) is 12.4 Å². The third kappa shape index (κ3) is 2.36. The highest BCUT2D eigenvalue weighted by Gasteiger charge is 2.54. The van der Waals surface area contributed by atoms with Gasteiger partial charge in [0, 0.05) is 24.4 Å². The van der Waals surface area contributed by atoms with Crippen molar-refractivity contribution in [1.82, 2.24) is 9.55 Å². The average Bonchev–Trinajstić information content (AvgIpc) is 2.90. The second-order valence-corrected chi connectivity index (χ2v) is 8.35. The van der Waals surface area contributed by atoms with Gasteiger partial charge in [-0.3, -0.25) is 4.79 Å². The molecule has 0 unspecified atom stereocenters. The number of rotatable bonds is 5. The molecule has 4 bridgehead atoms. The third-order valence-electron chi connectivity index (χ3n) is 5.98. The summed E-state index contributed by atoms with van der Waals surface area (Å²) in [5.41, 5.74) is 0.0470. The van der Waals surface area contributed by atoms with Crippen LogP contribution in [0.3, 0.4) is 0 Å². The summed E-state index contributed by atoms with van der Waals surface area (Å²) in [6, 6.07) is 0. The molecule has 1 aromatic rings. The van der Waals surface area contributed by atoms with Crippen molar-refractivity contribution < 1.29 is 4.79 Å². The van der Waals surface area contributed by atoms with Crippen LogP contribution < -0.4 is 0 Å². The van der Waals surface area contributed by atoms with Crippen LogP contribution in [0, 0.1) is 23.2 Å². The lowest BCUT2D eigenvalue weighted by Gasteiger charge is -2.56. The van der Waals surface area contributed by atoms with Gasteiger partial charge in [-0.25, -0.2) is 4.98 Å². The summed E-state index contributed by atoms with van der Waals surface area (Å²) in [6.07, 6.45) is 11.6. The minimum Gasteiger partial charge on any atom is -0.326 e. The van der Waals surface area contributed by atoms with Gasteiger partial charge in [0.1, 0.15) is 5.78 Å². The zero-order valence-corrected chi connectivity index (χ0v) is 13.6. The summed E-state index contributed by atoms with van der Waals surface area (Å²) in [5.74, 6) is 3.68. The predicted molar refractivity (Wildman–Crippen MR) is 84.2 cm³/mol. The number of hydrogen-bond donors (Lipinski definition) is 0. The van der Waals surface area contributed by atoms with Crippen LogP contribution in [-0.2, 0) is 11.3 Å². The lowest BCUT2D eigenvalue weighted by molar-refractivity contribution is -0.141. The Morgan fingerprint density at radius 2 is 1.90 bits per heavy atom. The minimum atomic E-state index is 0.0470. The van der Waals surface area contributed by atoms with Crippen molar-refractivity contribution in [1.29, 1.82) is 0 Å². The first kappa shape index (κ1) is 13.9. The van der Waals surface area contributed by atoms with Crippen molar-refractivity contribution in [2.24, 2.45) is 23.2 Å². The number of ketones is 1. The largest absolute Gasteiger partial charge is 0.326 e. The molecule has 0 aliphatic heterocycles. The number of aryl methyl sites for hydroxylation is 1. The molecule has 5 rings (SSSR count). The molecule has 114 valence electrons. The number of aromatic nitrogens is 2. The average molecular weight is 304 g/mol. The van der Waals surface area contributed by atoms with Crippen LogP contribution in [0.25, 0.3) is 0 Å². The molecule has 21 heavy (non-hydrogen) atoms. The first-order chi connectivity index (χ1) is 10.2. The highest BCUT2D eigenvalue weighted by atomic mass is 32.2. The Morgan fingerprint density at radius 1 is 1.29 bits per heavy atom. The zero-order chi connectivity index (χ0) is 14.4.